The first-order chi connectivity index (χ1) is 13.1. The van der Waals surface area contributed by atoms with Gasteiger partial charge in [0.1, 0.15) is 5.60 Å². The summed E-state index contributed by atoms with van der Waals surface area (Å²) in [6, 6.07) is 1.30. The number of pyridine rings is 1. The molecule has 0 aliphatic carbocycles. The molecule has 1 amide bonds. The Balaban J connectivity index is 1.94. The number of rotatable bonds is 1. The Morgan fingerprint density at radius 1 is 1.25 bits per heavy atom. The first-order valence-corrected chi connectivity index (χ1v) is 9.09. The normalized spacial score (nSPS) is 15.5. The van der Waals surface area contributed by atoms with Crippen LogP contribution in [0.2, 0.25) is 0 Å². The number of piperidine rings is 1. The predicted molar refractivity (Wildman–Crippen MR) is 104 cm³/mol. The van der Waals surface area contributed by atoms with Crippen molar-refractivity contribution in [1.29, 1.82) is 0 Å². The molecule has 148 valence electrons. The topological polar surface area (TPSA) is 90.8 Å². The van der Waals surface area contributed by atoms with Crippen molar-refractivity contribution >= 4 is 22.9 Å². The molecular weight excluding hydrogens is 362 g/mol. The van der Waals surface area contributed by atoms with Gasteiger partial charge in [-0.2, -0.15) is 0 Å². The maximum Gasteiger partial charge on any atom is 0.410 e. The number of ether oxygens (including phenoxy) is 1. The van der Waals surface area contributed by atoms with Gasteiger partial charge in [-0.1, -0.05) is 0 Å². The summed E-state index contributed by atoms with van der Waals surface area (Å²) in [7, 11) is 1.50. The number of fused-ring (bicyclic) bond motifs is 1. The molecule has 9 nitrogen and oxygen atoms in total. The standard InChI is InChI=1S/C19H23N5O4/c1-19(2,3)28-18(27)23-8-6-13(7-9-23)24-15-14(10-12(20-4)11-21-15)22(5)16(25)17(24)26/h10-11,13H,6-9H2,1-3,5H3. The van der Waals surface area contributed by atoms with Crippen molar-refractivity contribution in [3.63, 3.8) is 0 Å². The molecule has 0 radical (unpaired) electrons. The third-order valence-corrected chi connectivity index (χ3v) is 4.74. The van der Waals surface area contributed by atoms with Crippen LogP contribution in [0.15, 0.2) is 21.9 Å². The van der Waals surface area contributed by atoms with Crippen LogP contribution in [0.25, 0.3) is 16.0 Å². The Labute approximate surface area is 162 Å². The lowest BCUT2D eigenvalue weighted by atomic mass is 10.0. The lowest BCUT2D eigenvalue weighted by molar-refractivity contribution is 0.0188. The van der Waals surface area contributed by atoms with E-state index in [4.69, 9.17) is 11.3 Å². The number of aromatic nitrogens is 3. The van der Waals surface area contributed by atoms with Crippen LogP contribution in [0, 0.1) is 6.57 Å². The third-order valence-electron chi connectivity index (χ3n) is 4.74. The first kappa shape index (κ1) is 19.6. The molecule has 0 unspecified atom stereocenters. The van der Waals surface area contributed by atoms with Gasteiger partial charge in [-0.15, -0.1) is 0 Å². The number of amides is 1. The van der Waals surface area contributed by atoms with Crippen molar-refractivity contribution in [3.05, 3.63) is 44.4 Å². The van der Waals surface area contributed by atoms with Gasteiger partial charge in [-0.05, 0) is 39.7 Å². The molecule has 0 N–H and O–H groups in total. The highest BCUT2D eigenvalue weighted by atomic mass is 16.6. The number of carbonyl (C=O) groups excluding carboxylic acids is 1. The second-order valence-electron chi connectivity index (χ2n) is 7.89. The summed E-state index contributed by atoms with van der Waals surface area (Å²) in [5.41, 5.74) is -0.771. The van der Waals surface area contributed by atoms with Crippen LogP contribution in [0.4, 0.5) is 10.5 Å². The molecule has 1 saturated heterocycles. The predicted octanol–water partition coefficient (Wildman–Crippen LogP) is 2.22. The molecule has 28 heavy (non-hydrogen) atoms. The van der Waals surface area contributed by atoms with Crippen LogP contribution in [-0.4, -0.2) is 43.8 Å². The average molecular weight is 385 g/mol. The Morgan fingerprint density at radius 3 is 2.46 bits per heavy atom. The molecule has 1 aliphatic heterocycles. The fourth-order valence-corrected chi connectivity index (χ4v) is 3.35. The quantitative estimate of drug-likeness (QED) is 0.555. The molecule has 3 rings (SSSR count). The fraction of sp³-hybridized carbons (Fsp3) is 0.526. The SMILES string of the molecule is [C-]#[N+]c1cnc2c(c1)n(C)c(=O)c(=O)n2C1CCN(C(=O)OC(C)(C)C)CC1. The lowest BCUT2D eigenvalue weighted by Gasteiger charge is -2.34. The van der Waals surface area contributed by atoms with Gasteiger partial charge < -0.3 is 14.2 Å². The van der Waals surface area contributed by atoms with Crippen LogP contribution < -0.4 is 11.1 Å². The number of nitrogens with zero attached hydrogens (tertiary/aromatic N) is 5. The van der Waals surface area contributed by atoms with E-state index in [0.717, 1.165) is 0 Å². The average Bonchev–Trinajstić information content (AvgIpc) is 2.65. The van der Waals surface area contributed by atoms with Gasteiger partial charge in [0.05, 0.1) is 12.1 Å². The molecular formula is C19H23N5O4. The minimum atomic E-state index is -0.661. The molecule has 1 aliphatic rings. The largest absolute Gasteiger partial charge is 0.444 e. The molecule has 1 fully saturated rings. The minimum Gasteiger partial charge on any atom is -0.444 e. The maximum atomic E-state index is 12.7. The highest BCUT2D eigenvalue weighted by Gasteiger charge is 2.29. The minimum absolute atomic E-state index is 0.256. The molecule has 2 aromatic heterocycles. The van der Waals surface area contributed by atoms with Gasteiger partial charge >= 0.3 is 17.2 Å². The van der Waals surface area contributed by atoms with Crippen LogP contribution in [0.1, 0.15) is 39.7 Å². The van der Waals surface area contributed by atoms with E-state index >= 15 is 0 Å². The van der Waals surface area contributed by atoms with Gasteiger partial charge in [-0.25, -0.2) is 14.6 Å². The number of likely N-dealkylation sites (tertiary alicyclic amines) is 1. The zero-order chi connectivity index (χ0) is 20.6. The summed E-state index contributed by atoms with van der Waals surface area (Å²) in [5, 5.41) is 0. The van der Waals surface area contributed by atoms with Crippen molar-refractivity contribution in [2.75, 3.05) is 13.1 Å². The second-order valence-corrected chi connectivity index (χ2v) is 7.89. The third kappa shape index (κ3) is 3.63. The monoisotopic (exact) mass is 385 g/mol. The van der Waals surface area contributed by atoms with Crippen molar-refractivity contribution in [3.8, 4) is 0 Å². The van der Waals surface area contributed by atoms with E-state index in [2.05, 4.69) is 9.83 Å². The molecule has 0 bridgehead atoms. The number of hydrogen-bond donors (Lipinski definition) is 0. The van der Waals surface area contributed by atoms with Crippen molar-refractivity contribution < 1.29 is 9.53 Å². The summed E-state index contributed by atoms with van der Waals surface area (Å²) < 4.78 is 8.04. The van der Waals surface area contributed by atoms with Crippen LogP contribution in [0.5, 0.6) is 0 Å². The van der Waals surface area contributed by atoms with Crippen molar-refractivity contribution in [2.45, 2.75) is 45.3 Å². The van der Waals surface area contributed by atoms with E-state index in [9.17, 15) is 14.4 Å². The fourth-order valence-electron chi connectivity index (χ4n) is 3.35. The van der Waals surface area contributed by atoms with E-state index in [1.54, 1.807) is 11.0 Å². The van der Waals surface area contributed by atoms with Gasteiger partial charge in [0.15, 0.2) is 5.65 Å². The molecule has 0 aromatic carbocycles. The Hall–Kier alpha value is -3.15. The number of hydrogen-bond acceptors (Lipinski definition) is 5. The van der Waals surface area contributed by atoms with E-state index in [1.165, 1.54) is 22.4 Å². The summed E-state index contributed by atoms with van der Waals surface area (Å²) in [6.07, 6.45) is 2.03. The van der Waals surface area contributed by atoms with Gasteiger partial charge in [0.25, 0.3) is 0 Å². The van der Waals surface area contributed by atoms with Crippen LogP contribution in [-0.2, 0) is 11.8 Å². The molecule has 2 aromatic rings. The Kier molecular flexibility index (Phi) is 4.98. The second kappa shape index (κ2) is 7.11. The number of carbonyl (C=O) groups is 1. The highest BCUT2D eigenvalue weighted by Crippen LogP contribution is 2.26. The zero-order valence-corrected chi connectivity index (χ0v) is 16.4. The van der Waals surface area contributed by atoms with Crippen LogP contribution >= 0.6 is 0 Å². The molecule has 9 heteroatoms. The van der Waals surface area contributed by atoms with E-state index < -0.39 is 16.7 Å². The van der Waals surface area contributed by atoms with Crippen molar-refractivity contribution in [1.82, 2.24) is 19.0 Å². The number of aryl methyl sites for hydroxylation is 1. The Morgan fingerprint density at radius 2 is 1.89 bits per heavy atom. The maximum absolute atomic E-state index is 12.7. The summed E-state index contributed by atoms with van der Waals surface area (Å²) in [5.74, 6) is 0. The van der Waals surface area contributed by atoms with E-state index in [0.29, 0.717) is 42.8 Å². The lowest BCUT2D eigenvalue weighted by Crippen LogP contribution is -2.46. The molecule has 0 atom stereocenters. The van der Waals surface area contributed by atoms with Gasteiger partial charge in [0.2, 0.25) is 5.69 Å². The van der Waals surface area contributed by atoms with E-state index in [1.807, 2.05) is 20.8 Å². The molecule has 0 saturated carbocycles. The summed E-state index contributed by atoms with van der Waals surface area (Å²) in [6.45, 7) is 13.4. The Bertz CT molecular complexity index is 1080. The smallest absolute Gasteiger partial charge is 0.410 e. The first-order valence-electron chi connectivity index (χ1n) is 9.09. The molecule has 0 spiro atoms. The molecule has 3 heterocycles. The van der Waals surface area contributed by atoms with Crippen molar-refractivity contribution in [2.24, 2.45) is 7.05 Å². The van der Waals surface area contributed by atoms with E-state index in [-0.39, 0.29) is 12.1 Å². The van der Waals surface area contributed by atoms with Crippen LogP contribution in [0.3, 0.4) is 0 Å². The summed E-state index contributed by atoms with van der Waals surface area (Å²) >= 11 is 0. The highest BCUT2D eigenvalue weighted by molar-refractivity contribution is 5.75. The zero-order valence-electron chi connectivity index (χ0n) is 16.4. The summed E-state index contributed by atoms with van der Waals surface area (Å²) in [4.78, 5) is 46.6. The van der Waals surface area contributed by atoms with Gasteiger partial charge in [-0.3, -0.25) is 14.2 Å². The van der Waals surface area contributed by atoms with Gasteiger partial charge in [0, 0.05) is 32.4 Å².